The molecule has 0 saturated heterocycles. The van der Waals surface area contributed by atoms with Crippen LogP contribution in [0, 0.1) is 0 Å². The molecular weight excluding hydrogens is 182 g/mol. The summed E-state index contributed by atoms with van der Waals surface area (Å²) in [6.45, 7) is 2.13. The summed E-state index contributed by atoms with van der Waals surface area (Å²) in [6, 6.07) is 0. The Morgan fingerprint density at radius 2 is 2.43 bits per heavy atom. The van der Waals surface area contributed by atoms with E-state index >= 15 is 0 Å². The van der Waals surface area contributed by atoms with Crippen LogP contribution in [0.15, 0.2) is 0 Å². The molecule has 1 aliphatic carbocycles. The van der Waals surface area contributed by atoms with Crippen molar-refractivity contribution in [1.29, 1.82) is 0 Å². The molecule has 2 rings (SSSR count). The number of nitrogens with zero attached hydrogens (tertiary/aromatic N) is 1. The van der Waals surface area contributed by atoms with Gasteiger partial charge in [0.2, 0.25) is 0 Å². The van der Waals surface area contributed by atoms with Gasteiger partial charge in [0.15, 0.2) is 5.69 Å². The van der Waals surface area contributed by atoms with E-state index in [0.29, 0.717) is 24.0 Å². The average Bonchev–Trinajstić information content (AvgIpc) is 2.90. The highest BCUT2D eigenvalue weighted by atomic mass is 16.5. The van der Waals surface area contributed by atoms with Gasteiger partial charge in [0.05, 0.1) is 6.61 Å². The van der Waals surface area contributed by atoms with Gasteiger partial charge in [-0.15, -0.1) is 0 Å². The molecule has 5 heteroatoms. The van der Waals surface area contributed by atoms with E-state index in [2.05, 4.69) is 10.2 Å². The molecule has 1 aromatic rings. The van der Waals surface area contributed by atoms with Crippen LogP contribution < -0.4 is 5.73 Å². The number of carbonyl (C=O) groups excluding carboxylic acids is 1. The summed E-state index contributed by atoms with van der Waals surface area (Å²) < 4.78 is 4.88. The normalized spacial score (nSPS) is 15.5. The number of hydrogen-bond donors (Lipinski definition) is 2. The number of nitrogens with one attached hydrogen (secondary N) is 1. The minimum Gasteiger partial charge on any atom is -0.461 e. The molecule has 0 bridgehead atoms. The van der Waals surface area contributed by atoms with Crippen LogP contribution in [-0.4, -0.2) is 22.8 Å². The van der Waals surface area contributed by atoms with Crippen LogP contribution in [0.4, 0.5) is 5.82 Å². The highest BCUT2D eigenvalue weighted by Gasteiger charge is 2.33. The van der Waals surface area contributed by atoms with Crippen LogP contribution in [0.25, 0.3) is 0 Å². The quantitative estimate of drug-likeness (QED) is 0.706. The first-order valence-corrected chi connectivity index (χ1v) is 4.75. The Bertz CT molecular complexity index is 355. The number of H-pyrrole nitrogens is 1. The minimum absolute atomic E-state index is 0.354. The molecule has 3 N–H and O–H groups in total. The SMILES string of the molecule is CCOC(=O)c1n[nH]c(N)c1C1CC1. The molecule has 76 valence electrons. The van der Waals surface area contributed by atoms with Crippen LogP contribution in [0.2, 0.25) is 0 Å². The molecule has 5 nitrogen and oxygen atoms in total. The van der Waals surface area contributed by atoms with Gasteiger partial charge in [-0.3, -0.25) is 5.10 Å². The van der Waals surface area contributed by atoms with Gasteiger partial charge in [0.1, 0.15) is 5.82 Å². The summed E-state index contributed by atoms with van der Waals surface area (Å²) in [6.07, 6.45) is 2.16. The Morgan fingerprint density at radius 1 is 1.71 bits per heavy atom. The van der Waals surface area contributed by atoms with Crippen molar-refractivity contribution >= 4 is 11.8 Å². The Morgan fingerprint density at radius 3 is 3.00 bits per heavy atom. The first-order chi connectivity index (χ1) is 6.74. The van der Waals surface area contributed by atoms with Gasteiger partial charge in [0.25, 0.3) is 0 Å². The molecule has 0 amide bonds. The second-order valence-electron chi connectivity index (χ2n) is 3.39. The summed E-state index contributed by atoms with van der Waals surface area (Å²) in [5.74, 6) is 0.506. The topological polar surface area (TPSA) is 81.0 Å². The van der Waals surface area contributed by atoms with Gasteiger partial charge in [-0.05, 0) is 25.7 Å². The zero-order valence-electron chi connectivity index (χ0n) is 8.04. The zero-order valence-corrected chi connectivity index (χ0v) is 8.04. The lowest BCUT2D eigenvalue weighted by Crippen LogP contribution is -2.07. The number of anilines is 1. The maximum absolute atomic E-state index is 11.5. The van der Waals surface area contributed by atoms with Gasteiger partial charge < -0.3 is 10.5 Å². The molecule has 0 unspecified atom stereocenters. The monoisotopic (exact) mass is 195 g/mol. The molecule has 1 fully saturated rings. The van der Waals surface area contributed by atoms with Crippen molar-refractivity contribution in [3.8, 4) is 0 Å². The third kappa shape index (κ3) is 1.45. The van der Waals surface area contributed by atoms with E-state index in [4.69, 9.17) is 10.5 Å². The molecule has 0 aromatic carbocycles. The van der Waals surface area contributed by atoms with E-state index in [-0.39, 0.29) is 5.97 Å². The average molecular weight is 195 g/mol. The maximum Gasteiger partial charge on any atom is 0.359 e. The standard InChI is InChI=1S/C9H13N3O2/c1-2-14-9(13)7-6(5-3-4-5)8(10)12-11-7/h5H,2-4H2,1H3,(H3,10,11,12). The molecule has 0 aliphatic heterocycles. The third-order valence-electron chi connectivity index (χ3n) is 2.29. The van der Waals surface area contributed by atoms with Crippen LogP contribution in [0.3, 0.4) is 0 Å². The number of esters is 1. The lowest BCUT2D eigenvalue weighted by molar-refractivity contribution is 0.0518. The molecular formula is C9H13N3O2. The van der Waals surface area contributed by atoms with E-state index in [9.17, 15) is 4.79 Å². The molecule has 1 aromatic heterocycles. The van der Waals surface area contributed by atoms with E-state index in [1.807, 2.05) is 0 Å². The van der Waals surface area contributed by atoms with E-state index in [0.717, 1.165) is 18.4 Å². The molecule has 0 spiro atoms. The second kappa shape index (κ2) is 3.32. The smallest absolute Gasteiger partial charge is 0.359 e. The van der Waals surface area contributed by atoms with Crippen molar-refractivity contribution < 1.29 is 9.53 Å². The Labute approximate surface area is 81.6 Å². The summed E-state index contributed by atoms with van der Waals surface area (Å²) >= 11 is 0. The fourth-order valence-electron chi connectivity index (χ4n) is 1.50. The number of aromatic amines is 1. The number of hydrogen-bond acceptors (Lipinski definition) is 4. The van der Waals surface area contributed by atoms with Crippen molar-refractivity contribution in [3.05, 3.63) is 11.3 Å². The number of carbonyl (C=O) groups is 1. The van der Waals surface area contributed by atoms with E-state index < -0.39 is 0 Å². The van der Waals surface area contributed by atoms with Gasteiger partial charge in [-0.1, -0.05) is 0 Å². The van der Waals surface area contributed by atoms with Crippen molar-refractivity contribution in [1.82, 2.24) is 10.2 Å². The summed E-state index contributed by atoms with van der Waals surface area (Å²) in [4.78, 5) is 11.5. The van der Waals surface area contributed by atoms with Crippen molar-refractivity contribution in [2.75, 3.05) is 12.3 Å². The van der Waals surface area contributed by atoms with Crippen LogP contribution in [0.5, 0.6) is 0 Å². The van der Waals surface area contributed by atoms with Crippen molar-refractivity contribution in [3.63, 3.8) is 0 Å². The first-order valence-electron chi connectivity index (χ1n) is 4.75. The second-order valence-corrected chi connectivity index (χ2v) is 3.39. The number of aromatic nitrogens is 2. The molecule has 1 aliphatic rings. The molecule has 14 heavy (non-hydrogen) atoms. The van der Waals surface area contributed by atoms with Crippen LogP contribution >= 0.6 is 0 Å². The molecule has 0 atom stereocenters. The van der Waals surface area contributed by atoms with Crippen LogP contribution in [-0.2, 0) is 4.74 Å². The maximum atomic E-state index is 11.5. The third-order valence-corrected chi connectivity index (χ3v) is 2.29. The molecule has 0 radical (unpaired) electrons. The predicted molar refractivity (Wildman–Crippen MR) is 50.9 cm³/mol. The van der Waals surface area contributed by atoms with Gasteiger partial charge in [-0.25, -0.2) is 4.79 Å². The highest BCUT2D eigenvalue weighted by molar-refractivity contribution is 5.90. The van der Waals surface area contributed by atoms with E-state index in [1.165, 1.54) is 0 Å². The van der Waals surface area contributed by atoms with Gasteiger partial charge in [0, 0.05) is 5.56 Å². The Kier molecular flexibility index (Phi) is 2.15. The van der Waals surface area contributed by atoms with Crippen molar-refractivity contribution in [2.24, 2.45) is 0 Å². The summed E-state index contributed by atoms with van der Waals surface area (Å²) in [7, 11) is 0. The lowest BCUT2D eigenvalue weighted by Gasteiger charge is -2.00. The fourth-order valence-corrected chi connectivity index (χ4v) is 1.50. The minimum atomic E-state index is -0.387. The largest absolute Gasteiger partial charge is 0.461 e. The van der Waals surface area contributed by atoms with Crippen LogP contribution in [0.1, 0.15) is 41.7 Å². The van der Waals surface area contributed by atoms with Gasteiger partial charge >= 0.3 is 5.97 Å². The molecule has 1 heterocycles. The van der Waals surface area contributed by atoms with Gasteiger partial charge in [-0.2, -0.15) is 5.10 Å². The molecule has 1 saturated carbocycles. The summed E-state index contributed by atoms with van der Waals surface area (Å²) in [5, 5.41) is 6.50. The lowest BCUT2D eigenvalue weighted by atomic mass is 10.1. The highest BCUT2D eigenvalue weighted by Crippen LogP contribution is 2.43. The number of nitrogens with two attached hydrogens (primary N) is 1. The van der Waals surface area contributed by atoms with Crippen molar-refractivity contribution in [2.45, 2.75) is 25.7 Å². The zero-order chi connectivity index (χ0) is 10.1. The number of rotatable bonds is 3. The Hall–Kier alpha value is -1.52. The predicted octanol–water partition coefficient (Wildman–Crippen LogP) is 1.05. The number of nitrogen functional groups attached to an aromatic ring is 1. The van der Waals surface area contributed by atoms with E-state index in [1.54, 1.807) is 6.92 Å². The first kappa shape index (κ1) is 9.05. The fraction of sp³-hybridized carbons (Fsp3) is 0.556. The summed E-state index contributed by atoms with van der Waals surface area (Å²) in [5.41, 5.74) is 6.88. The number of ether oxygens (including phenoxy) is 1. The Balaban J connectivity index is 2.28.